The van der Waals surface area contributed by atoms with Gasteiger partial charge in [-0.2, -0.15) is 6.08 Å². The summed E-state index contributed by atoms with van der Waals surface area (Å²) in [6.07, 6.45) is 15.8. The van der Waals surface area contributed by atoms with Crippen LogP contribution in [0.3, 0.4) is 0 Å². The van der Waals surface area contributed by atoms with Crippen molar-refractivity contribution in [3.05, 3.63) is 203 Å². The van der Waals surface area contributed by atoms with E-state index >= 15 is 0 Å². The molecule has 0 amide bonds. The van der Waals surface area contributed by atoms with Gasteiger partial charge in [-0.1, -0.05) is 131 Å². The molecule has 0 fully saturated rings. The van der Waals surface area contributed by atoms with Crippen molar-refractivity contribution >= 4 is 3.21 Å². The number of benzene rings is 6. The summed E-state index contributed by atoms with van der Waals surface area (Å²) in [6.45, 7) is 13.9. The second-order valence-electron chi connectivity index (χ2n) is 17.0. The van der Waals surface area contributed by atoms with Gasteiger partial charge in [0.25, 0.3) is 0 Å². The average molecular weight is 808 g/mol. The normalized spacial score (nSPS) is 12.6. The first kappa shape index (κ1) is 41.2. The Bertz CT molecular complexity index is 2080. The van der Waals surface area contributed by atoms with Gasteiger partial charge in [-0.25, -0.2) is 12.2 Å². The van der Waals surface area contributed by atoms with Crippen LogP contribution in [0.4, 0.5) is 0 Å². The van der Waals surface area contributed by atoms with Gasteiger partial charge in [-0.05, 0) is 39.5 Å². The molecule has 0 N–H and O–H groups in total. The molecule has 0 nitrogen and oxygen atoms in total. The Kier molecular flexibility index (Phi) is 14.1. The molecule has 2 aliphatic rings. The Morgan fingerprint density at radius 1 is 0.571 bits per heavy atom. The predicted molar refractivity (Wildman–Crippen MR) is 238 cm³/mol. The van der Waals surface area contributed by atoms with Gasteiger partial charge in [0, 0.05) is 0 Å². The topological polar surface area (TPSA) is 0 Å². The molecule has 8 rings (SSSR count). The Morgan fingerprint density at radius 3 is 1.54 bits per heavy atom. The molecule has 6 aromatic rings. The maximum absolute atomic E-state index is 3.88. The van der Waals surface area contributed by atoms with E-state index in [1.165, 1.54) is 92.4 Å². The van der Waals surface area contributed by atoms with Crippen LogP contribution in [0.5, 0.6) is 0 Å². The molecule has 0 aromatic heterocycles. The fourth-order valence-corrected chi connectivity index (χ4v) is 8.06. The average Bonchev–Trinajstić information content (AvgIpc) is 3.91. The van der Waals surface area contributed by atoms with Gasteiger partial charge in [-0.3, -0.25) is 6.08 Å². The number of fused-ring (bicyclic) bond motifs is 3. The first-order valence-corrected chi connectivity index (χ1v) is 21.4. The molecule has 0 radical (unpaired) electrons. The molecule has 0 heterocycles. The van der Waals surface area contributed by atoms with Crippen molar-refractivity contribution in [2.24, 2.45) is 0 Å². The molecule has 0 aliphatic heterocycles. The number of hydrogen-bond acceptors (Lipinski definition) is 0. The number of allylic oxidation sites excluding steroid dienone is 4. The van der Waals surface area contributed by atoms with E-state index in [9.17, 15) is 0 Å². The minimum atomic E-state index is 0.0380. The van der Waals surface area contributed by atoms with Gasteiger partial charge in [0.15, 0.2) is 0 Å². The zero-order valence-corrected chi connectivity index (χ0v) is 36.7. The van der Waals surface area contributed by atoms with Crippen LogP contribution in [-0.2, 0) is 54.3 Å². The Labute approximate surface area is 352 Å². The van der Waals surface area contributed by atoms with Crippen molar-refractivity contribution in [1.29, 1.82) is 0 Å². The molecular formula is C55H56Zr. The summed E-state index contributed by atoms with van der Waals surface area (Å²) in [7, 11) is 0. The van der Waals surface area contributed by atoms with Crippen LogP contribution in [-0.4, -0.2) is 3.21 Å². The fourth-order valence-electron chi connectivity index (χ4n) is 7.45. The van der Waals surface area contributed by atoms with Crippen LogP contribution in [0.25, 0.3) is 33.4 Å². The Morgan fingerprint density at radius 2 is 1.07 bits per heavy atom. The van der Waals surface area contributed by atoms with Gasteiger partial charge in [0.2, 0.25) is 0 Å². The molecule has 280 valence electrons. The van der Waals surface area contributed by atoms with Crippen LogP contribution in [0.1, 0.15) is 94.2 Å². The summed E-state index contributed by atoms with van der Waals surface area (Å²) in [4.78, 5) is 0. The van der Waals surface area contributed by atoms with E-state index in [-0.39, 0.29) is 10.8 Å². The molecule has 0 bridgehead atoms. The van der Waals surface area contributed by atoms with E-state index in [0.29, 0.717) is 0 Å². The molecule has 0 spiro atoms. The third-order valence-electron chi connectivity index (χ3n) is 10.5. The van der Waals surface area contributed by atoms with E-state index in [1.54, 1.807) is 27.4 Å². The fraction of sp³-hybridized carbons (Fsp3) is 0.255. The molecule has 0 unspecified atom stereocenters. The van der Waals surface area contributed by atoms with Gasteiger partial charge in [0.1, 0.15) is 0 Å². The van der Waals surface area contributed by atoms with Crippen LogP contribution in [0.15, 0.2) is 158 Å². The molecule has 2 aliphatic carbocycles. The third kappa shape index (κ3) is 11.1. The van der Waals surface area contributed by atoms with Gasteiger partial charge < -0.3 is 0 Å². The second-order valence-corrected chi connectivity index (χ2v) is 18.7. The van der Waals surface area contributed by atoms with Crippen LogP contribution >= 0.6 is 0 Å². The number of rotatable bonds is 8. The molecule has 0 saturated heterocycles. The molecule has 0 saturated carbocycles. The maximum atomic E-state index is 3.88. The monoisotopic (exact) mass is 806 g/mol. The predicted octanol–water partition coefficient (Wildman–Crippen LogP) is 14.3. The SMILES string of the molecule is CC(C)(C)c1cc2c([c-]c1-c1ccccc1)Cc1cc(-c3ccccc3)c(C(C)(C)C)cc1-2.[C-]1=CC=CC1.[Zr+2]=[C](CCc1ccccc1)CCc1ccccc1. The Hall–Kier alpha value is -4.45. The molecule has 6 aromatic carbocycles. The standard InChI is InChI=1S/C33H33.C17H18.C5H5.Zr/c1-32(2,3)30-20-26-24(18-28(30)22-13-9-7-10-14-22)17-25-19-29(23-15-11-8-12-16-23)31(21-27(25)26)33(4,5)6;1-4-10-16(11-5-1)14-8-3-9-15-17-12-6-2-7-13-17;1-2-4-5-3-1;/h7-16,18,20-21H,17H2,1-6H3;1-2,4-7,10-13H,8-9,14-15H2;1-3H,4H2;/q-1;;-1;+2. The third-order valence-corrected chi connectivity index (χ3v) is 11.8. The summed E-state index contributed by atoms with van der Waals surface area (Å²) in [6, 6.07) is 54.4. The van der Waals surface area contributed by atoms with Crippen molar-refractivity contribution in [2.45, 2.75) is 90.9 Å². The Balaban J connectivity index is 0.000000192. The van der Waals surface area contributed by atoms with E-state index in [0.717, 1.165) is 12.8 Å². The van der Waals surface area contributed by atoms with Crippen LogP contribution < -0.4 is 0 Å². The molecular weight excluding hydrogens is 752 g/mol. The van der Waals surface area contributed by atoms with Crippen LogP contribution in [0, 0.1) is 12.1 Å². The summed E-state index contributed by atoms with van der Waals surface area (Å²) < 4.78 is 1.69. The van der Waals surface area contributed by atoms with Gasteiger partial charge in [0.05, 0.1) is 0 Å². The first-order chi connectivity index (χ1) is 27.0. The summed E-state index contributed by atoms with van der Waals surface area (Å²) in [5.74, 6) is 0. The summed E-state index contributed by atoms with van der Waals surface area (Å²) in [5.41, 5.74) is 16.4. The van der Waals surface area contributed by atoms with E-state index in [1.807, 2.05) is 12.2 Å². The van der Waals surface area contributed by atoms with Crippen molar-refractivity contribution in [1.82, 2.24) is 0 Å². The van der Waals surface area contributed by atoms with E-state index in [2.05, 4.69) is 199 Å². The first-order valence-electron chi connectivity index (χ1n) is 20.2. The van der Waals surface area contributed by atoms with E-state index in [4.69, 9.17) is 0 Å². The minimum absolute atomic E-state index is 0.0380. The quantitative estimate of drug-likeness (QED) is 0.134. The van der Waals surface area contributed by atoms with Crippen molar-refractivity contribution in [3.63, 3.8) is 0 Å². The zero-order valence-electron chi connectivity index (χ0n) is 34.3. The van der Waals surface area contributed by atoms with Gasteiger partial charge >= 0.3 is 125 Å². The van der Waals surface area contributed by atoms with Crippen molar-refractivity contribution in [2.75, 3.05) is 0 Å². The van der Waals surface area contributed by atoms with Gasteiger partial charge in [-0.15, -0.1) is 35.2 Å². The zero-order chi connectivity index (χ0) is 39.5. The molecule has 56 heavy (non-hydrogen) atoms. The summed E-state index contributed by atoms with van der Waals surface area (Å²) >= 11 is 1.60. The number of hydrogen-bond donors (Lipinski definition) is 0. The van der Waals surface area contributed by atoms with Crippen molar-refractivity contribution in [3.8, 4) is 33.4 Å². The van der Waals surface area contributed by atoms with E-state index < -0.39 is 0 Å². The molecule has 1 heteroatoms. The van der Waals surface area contributed by atoms with Crippen LogP contribution in [0.2, 0.25) is 0 Å². The second kappa shape index (κ2) is 19.1. The van der Waals surface area contributed by atoms with Crippen molar-refractivity contribution < 1.29 is 24.2 Å². The molecule has 0 atom stereocenters. The number of aryl methyl sites for hydroxylation is 2. The summed E-state index contributed by atoms with van der Waals surface area (Å²) in [5, 5.41) is 0.